The summed E-state index contributed by atoms with van der Waals surface area (Å²) in [6, 6.07) is 8.51. The molecule has 4 aliphatic rings. The van der Waals surface area contributed by atoms with E-state index in [1.807, 2.05) is 9.80 Å². The molecule has 4 fully saturated rings. The number of hydrogen-bond donors (Lipinski definition) is 1. The van der Waals surface area contributed by atoms with Crippen LogP contribution in [0.3, 0.4) is 0 Å². The number of aromatic amines is 1. The van der Waals surface area contributed by atoms with Gasteiger partial charge < -0.3 is 19.5 Å². The Balaban J connectivity index is 0.997. The van der Waals surface area contributed by atoms with Gasteiger partial charge in [0.05, 0.1) is 12.5 Å². The molecule has 2 saturated heterocycles. The lowest BCUT2D eigenvalue weighted by atomic mass is 9.88. The summed E-state index contributed by atoms with van der Waals surface area (Å²) in [5, 5.41) is 8.68. The quantitative estimate of drug-likeness (QED) is 0.708. The number of rotatable bonds is 5. The number of aromatic nitrogens is 3. The molecule has 1 aromatic heterocycles. The first kappa shape index (κ1) is 20.7. The first-order valence-corrected chi connectivity index (χ1v) is 12.2. The summed E-state index contributed by atoms with van der Waals surface area (Å²) in [6.07, 6.45) is 6.03. The van der Waals surface area contributed by atoms with Crippen LogP contribution in [0.2, 0.25) is 0 Å². The molecule has 2 saturated carbocycles. The largest absolute Gasteiger partial charge is 0.468 e. The Kier molecular flexibility index (Phi) is 4.92. The average Bonchev–Trinajstić information content (AvgIpc) is 3.76. The minimum atomic E-state index is -0.424. The average molecular weight is 450 g/mol. The van der Waals surface area contributed by atoms with Gasteiger partial charge in [-0.3, -0.25) is 4.79 Å². The van der Waals surface area contributed by atoms with Gasteiger partial charge in [-0.2, -0.15) is 0 Å². The zero-order chi connectivity index (χ0) is 22.6. The molecule has 2 aliphatic carbocycles. The van der Waals surface area contributed by atoms with Gasteiger partial charge in [0.2, 0.25) is 0 Å². The van der Waals surface area contributed by atoms with E-state index in [0.717, 1.165) is 69.1 Å². The summed E-state index contributed by atoms with van der Waals surface area (Å²) in [4.78, 5) is 32.4. The van der Waals surface area contributed by atoms with Gasteiger partial charge in [-0.25, -0.2) is 4.79 Å². The molecule has 33 heavy (non-hydrogen) atoms. The van der Waals surface area contributed by atoms with Crippen molar-refractivity contribution in [1.29, 1.82) is 0 Å². The van der Waals surface area contributed by atoms with Crippen LogP contribution in [0.4, 0.5) is 4.79 Å². The van der Waals surface area contributed by atoms with E-state index in [1.54, 1.807) is 0 Å². The van der Waals surface area contributed by atoms with E-state index < -0.39 is 5.41 Å². The van der Waals surface area contributed by atoms with Crippen LogP contribution in [0, 0.1) is 0 Å². The van der Waals surface area contributed by atoms with Crippen LogP contribution in [0.5, 0.6) is 0 Å². The highest BCUT2D eigenvalue weighted by Crippen LogP contribution is 2.49. The molecule has 6 rings (SSSR count). The number of likely N-dealkylation sites (tertiary alicyclic amines) is 2. The summed E-state index contributed by atoms with van der Waals surface area (Å²) in [5.74, 6) is 3.23. The second-order valence-corrected chi connectivity index (χ2v) is 10.2. The standard InChI is InChI=1S/C25H31N5O3/c1-33-23(31)25(10-11-25)20-6-4-16(5-7-20)19-14-30(15-19)24(32)29-12-8-18(9-13-29)22-26-21(27-28-22)17-2-3-17/h4-7,17-19H,2-3,8-15H2,1H3,(H,26,27,28). The molecule has 0 atom stereocenters. The van der Waals surface area contributed by atoms with Crippen molar-refractivity contribution in [1.82, 2.24) is 25.0 Å². The van der Waals surface area contributed by atoms with Crippen molar-refractivity contribution in [2.75, 3.05) is 33.3 Å². The molecule has 2 amide bonds. The summed E-state index contributed by atoms with van der Waals surface area (Å²) in [7, 11) is 1.46. The van der Waals surface area contributed by atoms with Crippen molar-refractivity contribution in [2.45, 2.75) is 61.7 Å². The third-order valence-electron chi connectivity index (χ3n) is 8.05. The Bertz CT molecular complexity index is 1040. The predicted molar refractivity (Wildman–Crippen MR) is 121 cm³/mol. The van der Waals surface area contributed by atoms with Crippen LogP contribution in [-0.2, 0) is 14.9 Å². The lowest BCUT2D eigenvalue weighted by Gasteiger charge is -2.43. The Morgan fingerprint density at radius 1 is 0.909 bits per heavy atom. The van der Waals surface area contributed by atoms with Crippen molar-refractivity contribution in [3.05, 3.63) is 47.0 Å². The molecule has 0 unspecified atom stereocenters. The zero-order valence-electron chi connectivity index (χ0n) is 19.1. The molecule has 8 heteroatoms. The molecular formula is C25H31N5O3. The maximum atomic E-state index is 13.0. The highest BCUT2D eigenvalue weighted by molar-refractivity contribution is 5.86. The number of amides is 2. The number of hydrogen-bond acceptors (Lipinski definition) is 5. The second-order valence-electron chi connectivity index (χ2n) is 10.2. The molecule has 0 bridgehead atoms. The van der Waals surface area contributed by atoms with Crippen LogP contribution in [0.15, 0.2) is 24.3 Å². The number of methoxy groups -OCH3 is 1. The van der Waals surface area contributed by atoms with E-state index in [1.165, 1.54) is 25.5 Å². The van der Waals surface area contributed by atoms with Gasteiger partial charge in [-0.1, -0.05) is 24.3 Å². The lowest BCUT2D eigenvalue weighted by Crippen LogP contribution is -2.55. The van der Waals surface area contributed by atoms with Gasteiger partial charge >= 0.3 is 12.0 Å². The smallest absolute Gasteiger partial charge is 0.320 e. The Hall–Kier alpha value is -2.90. The highest BCUT2D eigenvalue weighted by atomic mass is 16.5. The summed E-state index contributed by atoms with van der Waals surface area (Å²) in [6.45, 7) is 3.06. The first-order chi connectivity index (χ1) is 16.1. The van der Waals surface area contributed by atoms with E-state index in [0.29, 0.717) is 17.8 Å². The van der Waals surface area contributed by atoms with Crippen molar-refractivity contribution in [3.63, 3.8) is 0 Å². The molecule has 0 radical (unpaired) electrons. The number of H-pyrrole nitrogens is 1. The van der Waals surface area contributed by atoms with Crippen LogP contribution in [-0.4, -0.2) is 70.3 Å². The number of benzene rings is 1. The topological polar surface area (TPSA) is 91.4 Å². The van der Waals surface area contributed by atoms with E-state index in [-0.39, 0.29) is 12.0 Å². The summed E-state index contributed by atoms with van der Waals surface area (Å²) in [5.41, 5.74) is 1.86. The van der Waals surface area contributed by atoms with Crippen LogP contribution in [0.25, 0.3) is 0 Å². The zero-order valence-corrected chi connectivity index (χ0v) is 19.1. The van der Waals surface area contributed by atoms with Crippen molar-refractivity contribution in [3.8, 4) is 0 Å². The van der Waals surface area contributed by atoms with Crippen molar-refractivity contribution >= 4 is 12.0 Å². The van der Waals surface area contributed by atoms with Crippen molar-refractivity contribution < 1.29 is 14.3 Å². The molecule has 8 nitrogen and oxygen atoms in total. The lowest BCUT2D eigenvalue weighted by molar-refractivity contribution is -0.143. The second kappa shape index (κ2) is 7.85. The maximum absolute atomic E-state index is 13.0. The fourth-order valence-corrected chi connectivity index (χ4v) is 5.41. The van der Waals surface area contributed by atoms with Gasteiger partial charge in [-0.05, 0) is 49.7 Å². The number of urea groups is 1. The molecule has 2 aliphatic heterocycles. The Morgan fingerprint density at radius 3 is 2.06 bits per heavy atom. The minimum absolute atomic E-state index is 0.133. The fraction of sp³-hybridized carbons (Fsp3) is 0.600. The van der Waals surface area contributed by atoms with Crippen LogP contribution in [0.1, 0.15) is 79.1 Å². The summed E-state index contributed by atoms with van der Waals surface area (Å²) >= 11 is 0. The van der Waals surface area contributed by atoms with Gasteiger partial charge in [0, 0.05) is 43.9 Å². The SMILES string of the molecule is COC(=O)C1(c2ccc(C3CN(C(=O)N4CCC(c5nnc(C6CC6)[nH]5)CC4)C3)cc2)CC1. The first-order valence-electron chi connectivity index (χ1n) is 12.2. The molecular weight excluding hydrogens is 418 g/mol. The van der Waals surface area contributed by atoms with E-state index >= 15 is 0 Å². The number of nitrogens with zero attached hydrogens (tertiary/aromatic N) is 4. The number of carbonyl (C=O) groups excluding carboxylic acids is 2. The number of carbonyl (C=O) groups is 2. The fourth-order valence-electron chi connectivity index (χ4n) is 5.41. The Morgan fingerprint density at radius 2 is 1.52 bits per heavy atom. The van der Waals surface area contributed by atoms with E-state index in [2.05, 4.69) is 39.4 Å². The van der Waals surface area contributed by atoms with Gasteiger partial charge in [-0.15, -0.1) is 10.2 Å². The minimum Gasteiger partial charge on any atom is -0.468 e. The monoisotopic (exact) mass is 449 g/mol. The van der Waals surface area contributed by atoms with Gasteiger partial charge in [0.1, 0.15) is 11.6 Å². The van der Waals surface area contributed by atoms with E-state index in [9.17, 15) is 9.59 Å². The molecule has 1 aromatic carbocycles. The van der Waals surface area contributed by atoms with Crippen LogP contribution < -0.4 is 0 Å². The number of piperidine rings is 1. The van der Waals surface area contributed by atoms with E-state index in [4.69, 9.17) is 4.74 Å². The van der Waals surface area contributed by atoms with Gasteiger partial charge in [0.15, 0.2) is 0 Å². The van der Waals surface area contributed by atoms with Crippen LogP contribution >= 0.6 is 0 Å². The molecule has 3 heterocycles. The molecule has 0 spiro atoms. The highest BCUT2D eigenvalue weighted by Gasteiger charge is 2.52. The molecule has 2 aromatic rings. The third kappa shape index (κ3) is 3.69. The van der Waals surface area contributed by atoms with Crippen molar-refractivity contribution in [2.24, 2.45) is 0 Å². The molecule has 174 valence electrons. The Labute approximate surface area is 193 Å². The number of ether oxygens (including phenoxy) is 1. The molecule has 1 N–H and O–H groups in total. The number of esters is 1. The maximum Gasteiger partial charge on any atom is 0.320 e. The van der Waals surface area contributed by atoms with Gasteiger partial charge in [0.25, 0.3) is 0 Å². The summed E-state index contributed by atoms with van der Waals surface area (Å²) < 4.78 is 4.99. The number of nitrogens with one attached hydrogen (secondary N) is 1. The third-order valence-corrected chi connectivity index (χ3v) is 8.05. The normalized spacial score (nSPS) is 22.7. The predicted octanol–water partition coefficient (Wildman–Crippen LogP) is 3.29.